The van der Waals surface area contributed by atoms with E-state index in [2.05, 4.69) is 22.1 Å². The molecule has 1 aromatic heterocycles. The Hall–Kier alpha value is -2.33. The molecule has 3 N–H and O–H groups in total. The second kappa shape index (κ2) is 5.97. The second-order valence-corrected chi connectivity index (χ2v) is 5.12. The lowest BCUT2D eigenvalue weighted by atomic mass is 10.0. The Morgan fingerprint density at radius 3 is 2.76 bits per heavy atom. The summed E-state index contributed by atoms with van der Waals surface area (Å²) in [4.78, 5) is 7.92. The van der Waals surface area contributed by atoms with Crippen molar-refractivity contribution in [2.24, 2.45) is 5.73 Å². The summed E-state index contributed by atoms with van der Waals surface area (Å²) in [6.45, 7) is 0. The molecule has 0 radical (unpaired) electrons. The Bertz CT molecular complexity index is 721. The number of ether oxygens (including phenoxy) is 1. The predicted molar refractivity (Wildman–Crippen MR) is 84.3 cm³/mol. The third kappa shape index (κ3) is 3.06. The fourth-order valence-corrected chi connectivity index (χ4v) is 2.45. The van der Waals surface area contributed by atoms with Crippen LogP contribution in [0.2, 0.25) is 0 Å². The minimum atomic E-state index is 0.0361. The molecule has 0 bridgehead atoms. The molecule has 0 aliphatic carbocycles. The van der Waals surface area contributed by atoms with Gasteiger partial charge in [0.2, 0.25) is 0 Å². The van der Waals surface area contributed by atoms with Crippen molar-refractivity contribution in [1.82, 2.24) is 9.97 Å². The first-order valence-electron chi connectivity index (χ1n) is 7.09. The molecule has 0 saturated heterocycles. The fraction of sp³-hybridized carbons (Fsp3) is 0.235. The number of benzene rings is 2. The molecule has 0 fully saturated rings. The summed E-state index contributed by atoms with van der Waals surface area (Å²) in [5.74, 6) is 1.79. The number of H-pyrrole nitrogens is 1. The monoisotopic (exact) mass is 281 g/mol. The molecule has 3 rings (SSSR count). The van der Waals surface area contributed by atoms with Gasteiger partial charge in [-0.05, 0) is 24.1 Å². The fourth-order valence-electron chi connectivity index (χ4n) is 2.45. The maximum atomic E-state index is 6.22. The largest absolute Gasteiger partial charge is 0.497 e. The number of fused-ring (bicyclic) bond motifs is 1. The zero-order valence-corrected chi connectivity index (χ0v) is 12.0. The van der Waals surface area contributed by atoms with Gasteiger partial charge in [-0.25, -0.2) is 4.98 Å². The average Bonchev–Trinajstić information content (AvgIpc) is 2.95. The lowest BCUT2D eigenvalue weighted by Crippen LogP contribution is -2.11. The zero-order chi connectivity index (χ0) is 14.7. The minimum absolute atomic E-state index is 0.0361. The van der Waals surface area contributed by atoms with Gasteiger partial charge in [0, 0.05) is 18.5 Å². The van der Waals surface area contributed by atoms with Gasteiger partial charge in [0.05, 0.1) is 18.1 Å². The van der Waals surface area contributed by atoms with E-state index in [-0.39, 0.29) is 6.04 Å². The van der Waals surface area contributed by atoms with E-state index in [0.717, 1.165) is 41.0 Å². The molecule has 3 aromatic rings. The Morgan fingerprint density at radius 2 is 2.00 bits per heavy atom. The molecule has 1 unspecified atom stereocenters. The third-order valence-electron chi connectivity index (χ3n) is 3.66. The molecule has 108 valence electrons. The first-order chi connectivity index (χ1) is 10.3. The van der Waals surface area contributed by atoms with E-state index in [1.54, 1.807) is 7.11 Å². The molecule has 0 amide bonds. The molecular weight excluding hydrogens is 262 g/mol. The summed E-state index contributed by atoms with van der Waals surface area (Å²) in [5, 5.41) is 0. The van der Waals surface area contributed by atoms with E-state index in [1.165, 1.54) is 0 Å². The van der Waals surface area contributed by atoms with Crippen LogP contribution in [-0.4, -0.2) is 17.1 Å². The minimum Gasteiger partial charge on any atom is -0.497 e. The lowest BCUT2D eigenvalue weighted by molar-refractivity contribution is 0.415. The van der Waals surface area contributed by atoms with Crippen LogP contribution in [0, 0.1) is 0 Å². The second-order valence-electron chi connectivity index (χ2n) is 5.12. The van der Waals surface area contributed by atoms with Crippen molar-refractivity contribution in [2.45, 2.75) is 18.9 Å². The third-order valence-corrected chi connectivity index (χ3v) is 3.66. The van der Waals surface area contributed by atoms with Crippen molar-refractivity contribution in [3.63, 3.8) is 0 Å². The number of imidazole rings is 1. The van der Waals surface area contributed by atoms with Crippen LogP contribution < -0.4 is 10.5 Å². The van der Waals surface area contributed by atoms with Crippen molar-refractivity contribution in [3.8, 4) is 5.75 Å². The molecule has 0 aliphatic rings. The van der Waals surface area contributed by atoms with E-state index in [1.807, 2.05) is 36.4 Å². The lowest BCUT2D eigenvalue weighted by Gasteiger charge is -2.10. The van der Waals surface area contributed by atoms with Gasteiger partial charge in [-0.3, -0.25) is 0 Å². The van der Waals surface area contributed by atoms with Crippen LogP contribution in [0.15, 0.2) is 48.5 Å². The van der Waals surface area contributed by atoms with Gasteiger partial charge >= 0.3 is 0 Å². The number of rotatable bonds is 5. The Labute approximate surface area is 124 Å². The SMILES string of the molecule is COc1ccc2nc(CCC(N)c3ccccc3)[nH]c2c1. The maximum absolute atomic E-state index is 6.22. The summed E-state index contributed by atoms with van der Waals surface area (Å²) in [6, 6.07) is 16.0. The molecule has 21 heavy (non-hydrogen) atoms. The van der Waals surface area contributed by atoms with Gasteiger partial charge in [-0.1, -0.05) is 30.3 Å². The molecule has 0 aliphatic heterocycles. The number of aromatic amines is 1. The van der Waals surface area contributed by atoms with Crippen LogP contribution in [-0.2, 0) is 6.42 Å². The number of hydrogen-bond acceptors (Lipinski definition) is 3. The molecular formula is C17H19N3O. The predicted octanol–water partition coefficient (Wildman–Crippen LogP) is 3.20. The number of hydrogen-bond donors (Lipinski definition) is 2. The molecule has 4 heteroatoms. The molecule has 4 nitrogen and oxygen atoms in total. The van der Waals surface area contributed by atoms with Gasteiger partial charge in [0.25, 0.3) is 0 Å². The van der Waals surface area contributed by atoms with Crippen LogP contribution in [0.3, 0.4) is 0 Å². The number of methoxy groups -OCH3 is 1. The van der Waals surface area contributed by atoms with Crippen LogP contribution in [0.4, 0.5) is 0 Å². The van der Waals surface area contributed by atoms with Gasteiger partial charge in [0.1, 0.15) is 11.6 Å². The molecule has 1 atom stereocenters. The Morgan fingerprint density at radius 1 is 1.19 bits per heavy atom. The molecule has 0 saturated carbocycles. The van der Waals surface area contributed by atoms with E-state index in [9.17, 15) is 0 Å². The molecule has 1 heterocycles. The summed E-state index contributed by atoms with van der Waals surface area (Å²) in [6.07, 6.45) is 1.69. The quantitative estimate of drug-likeness (QED) is 0.755. The normalized spacial score (nSPS) is 12.5. The number of aromatic nitrogens is 2. The van der Waals surface area contributed by atoms with Crippen molar-refractivity contribution < 1.29 is 4.74 Å². The zero-order valence-electron chi connectivity index (χ0n) is 12.0. The summed E-state index contributed by atoms with van der Waals surface area (Å²) in [5.41, 5.74) is 9.34. The summed E-state index contributed by atoms with van der Waals surface area (Å²) >= 11 is 0. The van der Waals surface area contributed by atoms with Crippen molar-refractivity contribution in [3.05, 3.63) is 59.9 Å². The topological polar surface area (TPSA) is 63.9 Å². The highest BCUT2D eigenvalue weighted by atomic mass is 16.5. The Kier molecular flexibility index (Phi) is 3.88. The highest BCUT2D eigenvalue weighted by molar-refractivity contribution is 5.76. The van der Waals surface area contributed by atoms with E-state index in [0.29, 0.717) is 0 Å². The Balaban J connectivity index is 1.70. The van der Waals surface area contributed by atoms with Crippen LogP contribution in [0.5, 0.6) is 5.75 Å². The van der Waals surface area contributed by atoms with Crippen LogP contribution in [0.25, 0.3) is 11.0 Å². The average molecular weight is 281 g/mol. The van der Waals surface area contributed by atoms with Crippen LogP contribution in [0.1, 0.15) is 23.9 Å². The van der Waals surface area contributed by atoms with Crippen molar-refractivity contribution in [1.29, 1.82) is 0 Å². The smallest absolute Gasteiger partial charge is 0.121 e. The van der Waals surface area contributed by atoms with Gasteiger partial charge in [-0.2, -0.15) is 0 Å². The van der Waals surface area contributed by atoms with Gasteiger partial charge in [-0.15, -0.1) is 0 Å². The summed E-state index contributed by atoms with van der Waals surface area (Å²) < 4.78 is 5.22. The van der Waals surface area contributed by atoms with Crippen molar-refractivity contribution >= 4 is 11.0 Å². The molecule has 2 aromatic carbocycles. The van der Waals surface area contributed by atoms with Gasteiger partial charge in [0.15, 0.2) is 0 Å². The number of aryl methyl sites for hydroxylation is 1. The van der Waals surface area contributed by atoms with E-state index >= 15 is 0 Å². The van der Waals surface area contributed by atoms with Crippen LogP contribution >= 0.6 is 0 Å². The highest BCUT2D eigenvalue weighted by Crippen LogP contribution is 2.20. The number of nitrogens with zero attached hydrogens (tertiary/aromatic N) is 1. The van der Waals surface area contributed by atoms with E-state index < -0.39 is 0 Å². The van der Waals surface area contributed by atoms with E-state index in [4.69, 9.17) is 10.5 Å². The number of nitrogens with two attached hydrogens (primary N) is 1. The van der Waals surface area contributed by atoms with Gasteiger partial charge < -0.3 is 15.5 Å². The standard InChI is InChI=1S/C17H19N3O/c1-21-13-7-9-15-16(11-13)20-17(19-15)10-8-14(18)12-5-3-2-4-6-12/h2-7,9,11,14H,8,10,18H2,1H3,(H,19,20). The summed E-state index contributed by atoms with van der Waals surface area (Å²) in [7, 11) is 1.66. The number of nitrogens with one attached hydrogen (secondary N) is 1. The maximum Gasteiger partial charge on any atom is 0.121 e. The van der Waals surface area contributed by atoms with Crippen molar-refractivity contribution in [2.75, 3.05) is 7.11 Å². The first-order valence-corrected chi connectivity index (χ1v) is 7.09. The molecule has 0 spiro atoms. The first kappa shape index (κ1) is 13.6. The highest BCUT2D eigenvalue weighted by Gasteiger charge is 2.08.